The minimum absolute atomic E-state index is 0.0937. The fourth-order valence-corrected chi connectivity index (χ4v) is 2.26. The summed E-state index contributed by atoms with van der Waals surface area (Å²) >= 11 is 12.0. The predicted octanol–water partition coefficient (Wildman–Crippen LogP) is 2.61. The van der Waals surface area contributed by atoms with E-state index in [1.165, 1.54) is 0 Å². The molecule has 5 heteroatoms. The summed E-state index contributed by atoms with van der Waals surface area (Å²) < 4.78 is 5.29. The monoisotopic (exact) mass is 262 g/mol. The molecule has 0 aromatic heterocycles. The van der Waals surface area contributed by atoms with Gasteiger partial charge in [-0.2, -0.15) is 0 Å². The molecular weight excluding hydrogens is 247 g/mol. The van der Waals surface area contributed by atoms with Gasteiger partial charge in [-0.1, -0.05) is 23.2 Å². The molecule has 0 aliphatic carbocycles. The maximum absolute atomic E-state index is 6.07. The van der Waals surface area contributed by atoms with E-state index in [2.05, 4.69) is 5.32 Å². The fourth-order valence-electron chi connectivity index (χ4n) is 1.68. The number of halogens is 2. The molecule has 16 heavy (non-hydrogen) atoms. The van der Waals surface area contributed by atoms with Crippen LogP contribution in [-0.2, 0) is 0 Å². The molecule has 3 N–H and O–H groups in total. The molecule has 90 valence electrons. The van der Waals surface area contributed by atoms with Gasteiger partial charge in [0, 0.05) is 16.6 Å². The number of nitrogens with one attached hydrogen (secondary N) is 1. The minimum atomic E-state index is 0.0937. The molecule has 0 aliphatic rings. The average molecular weight is 263 g/mol. The summed E-state index contributed by atoms with van der Waals surface area (Å²) in [5.74, 6) is 0.652. The zero-order valence-corrected chi connectivity index (χ0v) is 10.9. The zero-order valence-electron chi connectivity index (χ0n) is 9.39. The van der Waals surface area contributed by atoms with E-state index in [1.807, 2.05) is 13.1 Å². The summed E-state index contributed by atoms with van der Waals surface area (Å²) in [5.41, 5.74) is 6.50. The first-order chi connectivity index (χ1) is 7.63. The van der Waals surface area contributed by atoms with Crippen molar-refractivity contribution in [2.24, 2.45) is 5.73 Å². The molecular formula is C11H16Cl2N2O. The van der Waals surface area contributed by atoms with Crippen molar-refractivity contribution < 1.29 is 4.74 Å². The van der Waals surface area contributed by atoms with Gasteiger partial charge >= 0.3 is 0 Å². The van der Waals surface area contributed by atoms with Crippen molar-refractivity contribution in [2.75, 3.05) is 20.7 Å². The summed E-state index contributed by atoms with van der Waals surface area (Å²) in [6.07, 6.45) is 0.795. The molecule has 0 amide bonds. The molecule has 0 bridgehead atoms. The van der Waals surface area contributed by atoms with Crippen molar-refractivity contribution >= 4 is 23.2 Å². The number of methoxy groups -OCH3 is 1. The molecule has 1 rings (SSSR count). The Morgan fingerprint density at radius 3 is 2.62 bits per heavy atom. The lowest BCUT2D eigenvalue weighted by atomic mass is 10.0. The Morgan fingerprint density at radius 2 is 2.12 bits per heavy atom. The van der Waals surface area contributed by atoms with Crippen molar-refractivity contribution in [3.05, 3.63) is 27.7 Å². The maximum atomic E-state index is 6.07. The molecule has 3 nitrogen and oxygen atoms in total. The van der Waals surface area contributed by atoms with Gasteiger partial charge in [0.1, 0.15) is 5.75 Å². The first-order valence-electron chi connectivity index (χ1n) is 5.04. The maximum Gasteiger partial charge on any atom is 0.142 e. The summed E-state index contributed by atoms with van der Waals surface area (Å²) in [4.78, 5) is 0. The SMILES string of the molecule is CNC(CCN)c1cc(Cl)cc(Cl)c1OC. The molecule has 0 aliphatic heterocycles. The number of benzene rings is 1. The van der Waals surface area contributed by atoms with Crippen molar-refractivity contribution in [1.29, 1.82) is 0 Å². The van der Waals surface area contributed by atoms with Crippen LogP contribution in [0.1, 0.15) is 18.0 Å². The van der Waals surface area contributed by atoms with Gasteiger partial charge in [-0.15, -0.1) is 0 Å². The van der Waals surface area contributed by atoms with Crippen LogP contribution in [0.4, 0.5) is 0 Å². The lowest BCUT2D eigenvalue weighted by Crippen LogP contribution is -2.20. The second-order valence-electron chi connectivity index (χ2n) is 3.43. The van der Waals surface area contributed by atoms with Crippen LogP contribution in [0.2, 0.25) is 10.0 Å². The first-order valence-corrected chi connectivity index (χ1v) is 5.79. The van der Waals surface area contributed by atoms with Crippen LogP contribution in [-0.4, -0.2) is 20.7 Å². The first kappa shape index (κ1) is 13.6. The number of hydrogen-bond donors (Lipinski definition) is 2. The largest absolute Gasteiger partial charge is 0.495 e. The van der Waals surface area contributed by atoms with E-state index >= 15 is 0 Å². The second kappa shape index (κ2) is 6.30. The highest BCUT2D eigenvalue weighted by molar-refractivity contribution is 6.35. The lowest BCUT2D eigenvalue weighted by molar-refractivity contribution is 0.399. The van der Waals surface area contributed by atoms with Crippen molar-refractivity contribution in [2.45, 2.75) is 12.5 Å². The average Bonchev–Trinajstić information content (AvgIpc) is 2.25. The molecule has 0 saturated heterocycles. The van der Waals surface area contributed by atoms with Gasteiger partial charge in [-0.25, -0.2) is 0 Å². The Hall–Kier alpha value is -0.480. The van der Waals surface area contributed by atoms with E-state index < -0.39 is 0 Å². The third-order valence-electron chi connectivity index (χ3n) is 2.42. The Labute approximate surface area is 106 Å². The highest BCUT2D eigenvalue weighted by atomic mass is 35.5. The number of hydrogen-bond acceptors (Lipinski definition) is 3. The van der Waals surface area contributed by atoms with Gasteiger partial charge in [-0.05, 0) is 32.1 Å². The summed E-state index contributed by atoms with van der Waals surface area (Å²) in [6, 6.07) is 3.61. The second-order valence-corrected chi connectivity index (χ2v) is 4.27. The van der Waals surface area contributed by atoms with E-state index in [0.717, 1.165) is 12.0 Å². The van der Waals surface area contributed by atoms with Crippen LogP contribution < -0.4 is 15.8 Å². The summed E-state index contributed by atoms with van der Waals surface area (Å²) in [5, 5.41) is 4.28. The Balaban J connectivity index is 3.17. The Morgan fingerprint density at radius 1 is 1.44 bits per heavy atom. The molecule has 0 fully saturated rings. The molecule has 1 unspecified atom stereocenters. The van der Waals surface area contributed by atoms with Crippen molar-refractivity contribution in [3.8, 4) is 5.75 Å². The van der Waals surface area contributed by atoms with E-state index in [0.29, 0.717) is 22.3 Å². The van der Waals surface area contributed by atoms with Gasteiger partial charge in [0.15, 0.2) is 0 Å². The summed E-state index contributed by atoms with van der Waals surface area (Å²) in [6.45, 7) is 0.582. The van der Waals surface area contributed by atoms with Gasteiger partial charge in [0.2, 0.25) is 0 Å². The molecule has 1 atom stereocenters. The van der Waals surface area contributed by atoms with Gasteiger partial charge in [0.25, 0.3) is 0 Å². The van der Waals surface area contributed by atoms with Crippen molar-refractivity contribution in [1.82, 2.24) is 5.32 Å². The van der Waals surface area contributed by atoms with Crippen LogP contribution in [0.3, 0.4) is 0 Å². The highest BCUT2D eigenvalue weighted by Crippen LogP contribution is 2.36. The third kappa shape index (κ3) is 3.01. The quantitative estimate of drug-likeness (QED) is 0.858. The van der Waals surface area contributed by atoms with E-state index in [9.17, 15) is 0 Å². The number of nitrogens with two attached hydrogens (primary N) is 1. The van der Waals surface area contributed by atoms with Gasteiger partial charge in [0.05, 0.1) is 12.1 Å². The molecule has 0 saturated carbocycles. The smallest absolute Gasteiger partial charge is 0.142 e. The molecule has 0 spiro atoms. The molecule has 1 aromatic carbocycles. The molecule has 0 radical (unpaired) electrons. The Kier molecular flexibility index (Phi) is 5.35. The van der Waals surface area contributed by atoms with E-state index in [1.54, 1.807) is 13.2 Å². The summed E-state index contributed by atoms with van der Waals surface area (Å²) in [7, 11) is 3.46. The topological polar surface area (TPSA) is 47.3 Å². The van der Waals surface area contributed by atoms with Crippen LogP contribution in [0, 0.1) is 0 Å². The van der Waals surface area contributed by atoms with Crippen LogP contribution in [0.15, 0.2) is 12.1 Å². The molecule has 0 heterocycles. The highest BCUT2D eigenvalue weighted by Gasteiger charge is 2.17. The van der Waals surface area contributed by atoms with Crippen LogP contribution in [0.25, 0.3) is 0 Å². The van der Waals surface area contributed by atoms with Gasteiger partial charge < -0.3 is 15.8 Å². The normalized spacial score (nSPS) is 12.6. The van der Waals surface area contributed by atoms with Crippen molar-refractivity contribution in [3.63, 3.8) is 0 Å². The predicted molar refractivity (Wildman–Crippen MR) is 68.5 cm³/mol. The lowest BCUT2D eigenvalue weighted by Gasteiger charge is -2.19. The minimum Gasteiger partial charge on any atom is -0.495 e. The van der Waals surface area contributed by atoms with E-state index in [4.69, 9.17) is 33.7 Å². The fraction of sp³-hybridized carbons (Fsp3) is 0.455. The zero-order chi connectivity index (χ0) is 12.1. The Bertz CT molecular complexity index is 358. The van der Waals surface area contributed by atoms with E-state index in [-0.39, 0.29) is 6.04 Å². The van der Waals surface area contributed by atoms with Crippen LogP contribution >= 0.6 is 23.2 Å². The van der Waals surface area contributed by atoms with Gasteiger partial charge in [-0.3, -0.25) is 0 Å². The number of ether oxygens (including phenoxy) is 1. The number of rotatable bonds is 5. The standard InChI is InChI=1S/C11H16Cl2N2O/c1-15-10(3-4-14)8-5-7(12)6-9(13)11(8)16-2/h5-6,10,15H,3-4,14H2,1-2H3. The molecule has 1 aromatic rings. The van der Waals surface area contributed by atoms with Crippen LogP contribution in [0.5, 0.6) is 5.75 Å². The third-order valence-corrected chi connectivity index (χ3v) is 2.92.